The smallest absolute Gasteiger partial charge is 0.243 e. The Morgan fingerprint density at radius 2 is 1.71 bits per heavy atom. The summed E-state index contributed by atoms with van der Waals surface area (Å²) in [6.45, 7) is 3.81. The number of amides is 1. The molecule has 0 radical (unpaired) electrons. The largest absolute Gasteiger partial charge is 0.350 e. The second-order valence-corrected chi connectivity index (χ2v) is 8.83. The first kappa shape index (κ1) is 19.9. The highest BCUT2D eigenvalue weighted by Gasteiger charge is 2.29. The van der Waals surface area contributed by atoms with E-state index in [1.54, 1.807) is 25.1 Å². The summed E-state index contributed by atoms with van der Waals surface area (Å²) >= 11 is 0. The van der Waals surface area contributed by atoms with Crippen LogP contribution in [-0.4, -0.2) is 26.6 Å². The van der Waals surface area contributed by atoms with Gasteiger partial charge in [0.25, 0.3) is 0 Å². The molecule has 0 saturated heterocycles. The standard InChI is InChI=1S/C22H24N2O3S/c1-16-7-6-10-21(13-16)24(28(3,26)27)17(2)22(25)23-15-18-11-12-19-8-4-5-9-20(19)14-18/h4-14,17H,15H2,1-3H3,(H,23,25). The summed E-state index contributed by atoms with van der Waals surface area (Å²) in [5.41, 5.74) is 2.37. The van der Waals surface area contributed by atoms with Gasteiger partial charge in [0.2, 0.25) is 15.9 Å². The van der Waals surface area contributed by atoms with Crippen LogP contribution in [0.25, 0.3) is 10.8 Å². The molecular weight excluding hydrogens is 372 g/mol. The van der Waals surface area contributed by atoms with E-state index in [4.69, 9.17) is 0 Å². The first-order chi connectivity index (χ1) is 13.3. The number of hydrogen-bond donors (Lipinski definition) is 1. The van der Waals surface area contributed by atoms with Crippen molar-refractivity contribution >= 4 is 32.4 Å². The third-order valence-electron chi connectivity index (χ3n) is 4.63. The van der Waals surface area contributed by atoms with Gasteiger partial charge in [0.05, 0.1) is 11.9 Å². The molecule has 1 atom stereocenters. The van der Waals surface area contributed by atoms with Gasteiger partial charge >= 0.3 is 0 Å². The summed E-state index contributed by atoms with van der Waals surface area (Å²) in [5, 5.41) is 5.09. The Morgan fingerprint density at radius 3 is 2.39 bits per heavy atom. The third-order valence-corrected chi connectivity index (χ3v) is 5.87. The lowest BCUT2D eigenvalue weighted by Gasteiger charge is -2.28. The predicted molar refractivity (Wildman–Crippen MR) is 114 cm³/mol. The molecule has 0 saturated carbocycles. The molecule has 28 heavy (non-hydrogen) atoms. The molecule has 1 N–H and O–H groups in total. The first-order valence-electron chi connectivity index (χ1n) is 9.07. The van der Waals surface area contributed by atoms with Crippen molar-refractivity contribution in [1.82, 2.24) is 5.32 Å². The van der Waals surface area contributed by atoms with E-state index in [2.05, 4.69) is 5.32 Å². The maximum Gasteiger partial charge on any atom is 0.243 e. The van der Waals surface area contributed by atoms with Gasteiger partial charge in [-0.15, -0.1) is 0 Å². The van der Waals surface area contributed by atoms with E-state index in [1.807, 2.05) is 55.5 Å². The molecule has 0 aliphatic rings. The van der Waals surface area contributed by atoms with Crippen molar-refractivity contribution in [3.8, 4) is 0 Å². The molecule has 1 unspecified atom stereocenters. The molecule has 0 spiro atoms. The zero-order valence-corrected chi connectivity index (χ0v) is 17.0. The molecule has 0 aromatic heterocycles. The van der Waals surface area contributed by atoms with Crippen LogP contribution in [0, 0.1) is 6.92 Å². The van der Waals surface area contributed by atoms with Crippen LogP contribution in [0.3, 0.4) is 0 Å². The Hall–Kier alpha value is -2.86. The fraction of sp³-hybridized carbons (Fsp3) is 0.227. The molecule has 0 aliphatic carbocycles. The SMILES string of the molecule is Cc1cccc(N(C(C)C(=O)NCc2ccc3ccccc3c2)S(C)(=O)=O)c1. The molecule has 3 aromatic carbocycles. The molecule has 1 amide bonds. The van der Waals surface area contributed by atoms with Crippen molar-refractivity contribution in [3.05, 3.63) is 77.9 Å². The van der Waals surface area contributed by atoms with Gasteiger partial charge in [0, 0.05) is 6.54 Å². The number of sulfonamides is 1. The maximum absolute atomic E-state index is 12.7. The van der Waals surface area contributed by atoms with Crippen LogP contribution >= 0.6 is 0 Å². The predicted octanol–water partition coefficient (Wildman–Crippen LogP) is 3.62. The number of nitrogens with one attached hydrogen (secondary N) is 1. The van der Waals surface area contributed by atoms with Crippen molar-refractivity contribution in [2.75, 3.05) is 10.6 Å². The number of rotatable bonds is 6. The average molecular weight is 397 g/mol. The fourth-order valence-electron chi connectivity index (χ4n) is 3.26. The number of carbonyl (C=O) groups is 1. The van der Waals surface area contributed by atoms with Gasteiger partial charge in [-0.05, 0) is 53.9 Å². The number of anilines is 1. The zero-order chi connectivity index (χ0) is 20.3. The van der Waals surface area contributed by atoms with Crippen molar-refractivity contribution in [1.29, 1.82) is 0 Å². The van der Waals surface area contributed by atoms with E-state index in [1.165, 1.54) is 0 Å². The lowest BCUT2D eigenvalue weighted by atomic mass is 10.1. The van der Waals surface area contributed by atoms with E-state index in [-0.39, 0.29) is 5.91 Å². The molecule has 3 rings (SSSR count). The number of aryl methyl sites for hydroxylation is 1. The van der Waals surface area contributed by atoms with E-state index >= 15 is 0 Å². The first-order valence-corrected chi connectivity index (χ1v) is 10.9. The minimum absolute atomic E-state index is 0.333. The summed E-state index contributed by atoms with van der Waals surface area (Å²) in [5.74, 6) is -0.347. The van der Waals surface area contributed by atoms with Gasteiger partial charge in [0.15, 0.2) is 0 Å². The summed E-state index contributed by atoms with van der Waals surface area (Å²) in [7, 11) is -3.62. The van der Waals surface area contributed by atoms with E-state index in [0.29, 0.717) is 12.2 Å². The van der Waals surface area contributed by atoms with Crippen LogP contribution in [-0.2, 0) is 21.4 Å². The molecule has 3 aromatic rings. The van der Waals surface area contributed by atoms with Crippen molar-refractivity contribution in [2.45, 2.75) is 26.4 Å². The van der Waals surface area contributed by atoms with Gasteiger partial charge < -0.3 is 5.32 Å². The Bertz CT molecular complexity index is 1110. The number of carbonyl (C=O) groups excluding carboxylic acids is 1. The second kappa shape index (κ2) is 8.02. The highest BCUT2D eigenvalue weighted by atomic mass is 32.2. The Morgan fingerprint density at radius 1 is 1.00 bits per heavy atom. The lowest BCUT2D eigenvalue weighted by molar-refractivity contribution is -0.122. The van der Waals surface area contributed by atoms with E-state index in [9.17, 15) is 13.2 Å². The maximum atomic E-state index is 12.7. The van der Waals surface area contributed by atoms with Crippen LogP contribution in [0.4, 0.5) is 5.69 Å². The van der Waals surface area contributed by atoms with Crippen molar-refractivity contribution in [2.24, 2.45) is 0 Å². The number of benzene rings is 3. The van der Waals surface area contributed by atoms with E-state index in [0.717, 1.165) is 32.5 Å². The van der Waals surface area contributed by atoms with Crippen LogP contribution < -0.4 is 9.62 Å². The Kier molecular flexibility index (Phi) is 5.70. The van der Waals surface area contributed by atoms with Gasteiger partial charge in [0.1, 0.15) is 6.04 Å². The number of hydrogen-bond acceptors (Lipinski definition) is 3. The Labute approximate surface area is 166 Å². The number of fused-ring (bicyclic) bond motifs is 1. The molecule has 0 fully saturated rings. The zero-order valence-electron chi connectivity index (χ0n) is 16.2. The van der Waals surface area contributed by atoms with Gasteiger partial charge in [-0.2, -0.15) is 0 Å². The van der Waals surface area contributed by atoms with Crippen molar-refractivity contribution in [3.63, 3.8) is 0 Å². The Balaban J connectivity index is 1.77. The highest BCUT2D eigenvalue weighted by molar-refractivity contribution is 7.92. The van der Waals surface area contributed by atoms with Crippen LogP contribution in [0.5, 0.6) is 0 Å². The highest BCUT2D eigenvalue weighted by Crippen LogP contribution is 2.22. The van der Waals surface area contributed by atoms with Gasteiger partial charge in [-0.3, -0.25) is 9.10 Å². The van der Waals surface area contributed by atoms with Crippen LogP contribution in [0.1, 0.15) is 18.1 Å². The van der Waals surface area contributed by atoms with Crippen molar-refractivity contribution < 1.29 is 13.2 Å². The summed E-state index contributed by atoms with van der Waals surface area (Å²) in [4.78, 5) is 12.7. The van der Waals surface area contributed by atoms with Gasteiger partial charge in [-0.1, -0.05) is 48.5 Å². The monoisotopic (exact) mass is 396 g/mol. The fourth-order valence-corrected chi connectivity index (χ4v) is 4.43. The summed E-state index contributed by atoms with van der Waals surface area (Å²) in [6.07, 6.45) is 1.11. The van der Waals surface area contributed by atoms with Gasteiger partial charge in [-0.25, -0.2) is 8.42 Å². The third kappa shape index (κ3) is 4.51. The quantitative estimate of drug-likeness (QED) is 0.692. The average Bonchev–Trinajstić information content (AvgIpc) is 2.65. The normalized spacial score (nSPS) is 12.5. The minimum Gasteiger partial charge on any atom is -0.350 e. The summed E-state index contributed by atoms with van der Waals surface area (Å²) in [6, 6.07) is 20.3. The summed E-state index contributed by atoms with van der Waals surface area (Å²) < 4.78 is 25.9. The number of nitrogens with zero attached hydrogens (tertiary/aromatic N) is 1. The van der Waals surface area contributed by atoms with Crippen LogP contribution in [0.15, 0.2) is 66.7 Å². The molecule has 0 aliphatic heterocycles. The molecule has 6 heteroatoms. The molecule has 146 valence electrons. The van der Waals surface area contributed by atoms with Crippen LogP contribution in [0.2, 0.25) is 0 Å². The second-order valence-electron chi connectivity index (χ2n) is 6.97. The molecule has 0 heterocycles. The topological polar surface area (TPSA) is 66.5 Å². The minimum atomic E-state index is -3.62. The van der Waals surface area contributed by atoms with E-state index < -0.39 is 16.1 Å². The molecule has 0 bridgehead atoms. The lowest BCUT2D eigenvalue weighted by Crippen LogP contribution is -2.47. The molecule has 5 nitrogen and oxygen atoms in total. The molecular formula is C22H24N2O3S.